The Kier molecular flexibility index (Phi) is 2.21. The number of hydrogen-bond acceptors (Lipinski definition) is 3. The van der Waals surface area contributed by atoms with Crippen molar-refractivity contribution in [1.82, 2.24) is 0 Å². The highest BCUT2D eigenvalue weighted by molar-refractivity contribution is 8.17. The van der Waals surface area contributed by atoms with Crippen molar-refractivity contribution in [2.75, 3.05) is 0 Å². The van der Waals surface area contributed by atoms with Gasteiger partial charge in [-0.25, -0.2) is 8.42 Å². The zero-order chi connectivity index (χ0) is 9.35. The Morgan fingerprint density at radius 1 is 1.42 bits per heavy atom. The molecular formula is C7H6ClNO2S. The van der Waals surface area contributed by atoms with Gasteiger partial charge in [-0.3, -0.25) is 0 Å². The van der Waals surface area contributed by atoms with Gasteiger partial charge in [0.2, 0.25) is 0 Å². The summed E-state index contributed by atoms with van der Waals surface area (Å²) in [6.45, 7) is 3.52. The van der Waals surface area contributed by atoms with Gasteiger partial charge in [-0.05, 0) is 17.7 Å². The molecule has 1 rings (SSSR count). The minimum absolute atomic E-state index is 0.0664. The molecule has 0 aromatic carbocycles. The predicted molar refractivity (Wildman–Crippen MR) is 48.9 cm³/mol. The van der Waals surface area contributed by atoms with Crippen LogP contribution in [0.25, 0.3) is 0 Å². The Balaban J connectivity index is 3.16. The first kappa shape index (κ1) is 9.22. The summed E-state index contributed by atoms with van der Waals surface area (Å²) in [6, 6.07) is 0. The van der Waals surface area contributed by atoms with Crippen LogP contribution in [0.2, 0.25) is 0 Å². The van der Waals surface area contributed by atoms with Gasteiger partial charge >= 0.3 is 0 Å². The second-order valence-electron chi connectivity index (χ2n) is 2.26. The number of halogens is 1. The molecule has 12 heavy (non-hydrogen) atoms. The molecule has 0 bridgehead atoms. The summed E-state index contributed by atoms with van der Waals surface area (Å²) in [5.41, 5.74) is 0.538. The van der Waals surface area contributed by atoms with Gasteiger partial charge in [-0.2, -0.15) is 0 Å². The maximum absolute atomic E-state index is 10.8. The van der Waals surface area contributed by atoms with E-state index in [4.69, 9.17) is 16.1 Å². The summed E-state index contributed by atoms with van der Waals surface area (Å²) < 4.78 is 21.5. The number of allylic oxidation sites excluding steroid dienone is 4. The lowest BCUT2D eigenvalue weighted by molar-refractivity contribution is 0.615. The van der Waals surface area contributed by atoms with Crippen LogP contribution in [0.15, 0.2) is 35.3 Å². The van der Waals surface area contributed by atoms with Crippen LogP contribution in [-0.4, -0.2) is 14.1 Å². The van der Waals surface area contributed by atoms with E-state index in [-0.39, 0.29) is 10.6 Å². The molecule has 0 unspecified atom stereocenters. The van der Waals surface area contributed by atoms with E-state index in [9.17, 15) is 8.42 Å². The molecule has 0 aliphatic heterocycles. The third-order valence-electron chi connectivity index (χ3n) is 1.36. The molecule has 0 aromatic rings. The summed E-state index contributed by atoms with van der Waals surface area (Å²) in [6.07, 6.45) is 3.94. The summed E-state index contributed by atoms with van der Waals surface area (Å²) in [7, 11) is 1.33. The van der Waals surface area contributed by atoms with Gasteiger partial charge < -0.3 is 5.41 Å². The Hall–Kier alpha value is -0.870. The second kappa shape index (κ2) is 2.88. The zero-order valence-corrected chi connectivity index (χ0v) is 7.61. The van der Waals surface area contributed by atoms with Crippen LogP contribution in [0, 0.1) is 5.41 Å². The van der Waals surface area contributed by atoms with Crippen LogP contribution in [-0.2, 0) is 9.05 Å². The van der Waals surface area contributed by atoms with Crippen LogP contribution in [0.1, 0.15) is 0 Å². The van der Waals surface area contributed by atoms with Crippen molar-refractivity contribution in [3.63, 3.8) is 0 Å². The molecule has 0 fully saturated rings. The number of rotatable bonds is 1. The molecule has 5 heteroatoms. The smallest absolute Gasteiger partial charge is 0.261 e. The van der Waals surface area contributed by atoms with Gasteiger partial charge in [0.1, 0.15) is 0 Å². The largest absolute Gasteiger partial charge is 0.300 e. The van der Waals surface area contributed by atoms with E-state index >= 15 is 0 Å². The fraction of sp³-hybridized carbons (Fsp3) is 0. The lowest BCUT2D eigenvalue weighted by atomic mass is 10.1. The van der Waals surface area contributed by atoms with Gasteiger partial charge in [0.15, 0.2) is 0 Å². The summed E-state index contributed by atoms with van der Waals surface area (Å²) in [5, 5.41) is 7.25. The monoisotopic (exact) mass is 203 g/mol. The van der Waals surface area contributed by atoms with E-state index in [2.05, 4.69) is 6.58 Å². The van der Waals surface area contributed by atoms with Crippen molar-refractivity contribution >= 4 is 25.4 Å². The van der Waals surface area contributed by atoms with E-state index in [0.717, 1.165) is 0 Å². The summed E-state index contributed by atoms with van der Waals surface area (Å²) >= 11 is 0. The predicted octanol–water partition coefficient (Wildman–Crippen LogP) is 1.58. The van der Waals surface area contributed by atoms with Crippen molar-refractivity contribution in [2.45, 2.75) is 0 Å². The highest BCUT2D eigenvalue weighted by atomic mass is 35.7. The van der Waals surface area contributed by atoms with E-state index in [0.29, 0.717) is 5.57 Å². The van der Waals surface area contributed by atoms with Crippen molar-refractivity contribution in [3.05, 3.63) is 35.3 Å². The third-order valence-corrected chi connectivity index (χ3v) is 2.71. The van der Waals surface area contributed by atoms with Crippen LogP contribution in [0.5, 0.6) is 0 Å². The van der Waals surface area contributed by atoms with Crippen molar-refractivity contribution < 1.29 is 8.42 Å². The standard InChI is InChI=1S/C7H6ClNO2S/c1-5-2-3-6(4-7(5)9)12(8,10)11/h2-4,9H,1H2. The van der Waals surface area contributed by atoms with Crippen LogP contribution in [0.3, 0.4) is 0 Å². The maximum atomic E-state index is 10.8. The average Bonchev–Trinajstić information content (AvgIpc) is 1.92. The molecule has 0 heterocycles. The topological polar surface area (TPSA) is 58.0 Å². The second-order valence-corrected chi connectivity index (χ2v) is 4.82. The Morgan fingerprint density at radius 3 is 2.42 bits per heavy atom. The molecule has 0 saturated carbocycles. The molecule has 1 N–H and O–H groups in total. The SMILES string of the molecule is C=C1C=CC(S(=O)(=O)Cl)=CC1=N. The minimum Gasteiger partial charge on any atom is -0.300 e. The van der Waals surface area contributed by atoms with Gasteiger partial charge in [0.05, 0.1) is 10.6 Å². The van der Waals surface area contributed by atoms with Crippen molar-refractivity contribution in [3.8, 4) is 0 Å². The van der Waals surface area contributed by atoms with Crippen LogP contribution < -0.4 is 0 Å². The quantitative estimate of drug-likeness (QED) is 0.658. The van der Waals surface area contributed by atoms with E-state index in [1.54, 1.807) is 0 Å². The molecule has 0 amide bonds. The molecule has 0 radical (unpaired) electrons. The normalized spacial score (nSPS) is 17.9. The summed E-state index contributed by atoms with van der Waals surface area (Å²) in [5.74, 6) is 0. The van der Waals surface area contributed by atoms with Crippen molar-refractivity contribution in [1.29, 1.82) is 5.41 Å². The molecule has 0 spiro atoms. The Labute approximate surface area is 75.0 Å². The third kappa shape index (κ3) is 1.84. The first-order valence-corrected chi connectivity index (χ1v) is 5.34. The molecule has 1 aliphatic rings. The van der Waals surface area contributed by atoms with Gasteiger partial charge in [-0.15, -0.1) is 0 Å². The molecular weight excluding hydrogens is 198 g/mol. The lowest BCUT2D eigenvalue weighted by Gasteiger charge is -2.05. The Morgan fingerprint density at radius 2 is 2.00 bits per heavy atom. The molecule has 0 atom stereocenters. The number of hydrogen-bond donors (Lipinski definition) is 1. The molecule has 0 aromatic heterocycles. The number of nitrogens with one attached hydrogen (secondary N) is 1. The van der Waals surface area contributed by atoms with E-state index in [1.165, 1.54) is 18.2 Å². The first-order chi connectivity index (χ1) is 5.41. The molecule has 0 saturated heterocycles. The fourth-order valence-corrected chi connectivity index (χ4v) is 1.48. The highest BCUT2D eigenvalue weighted by Gasteiger charge is 2.15. The highest BCUT2D eigenvalue weighted by Crippen LogP contribution is 2.19. The van der Waals surface area contributed by atoms with E-state index in [1.807, 2.05) is 0 Å². The van der Waals surface area contributed by atoms with Crippen molar-refractivity contribution in [2.24, 2.45) is 0 Å². The average molecular weight is 204 g/mol. The van der Waals surface area contributed by atoms with Gasteiger partial charge in [-0.1, -0.05) is 12.7 Å². The van der Waals surface area contributed by atoms with Crippen LogP contribution in [0.4, 0.5) is 0 Å². The molecule has 1 aliphatic carbocycles. The fourth-order valence-electron chi connectivity index (χ4n) is 0.707. The Bertz CT molecular complexity index is 403. The zero-order valence-electron chi connectivity index (χ0n) is 6.04. The van der Waals surface area contributed by atoms with Crippen LogP contribution >= 0.6 is 10.7 Å². The molecule has 64 valence electrons. The first-order valence-electron chi connectivity index (χ1n) is 3.03. The maximum Gasteiger partial charge on any atom is 0.261 e. The van der Waals surface area contributed by atoms with Gasteiger partial charge in [0, 0.05) is 10.7 Å². The minimum atomic E-state index is -3.72. The molecule has 3 nitrogen and oxygen atoms in total. The van der Waals surface area contributed by atoms with E-state index < -0.39 is 9.05 Å². The lowest BCUT2D eigenvalue weighted by Crippen LogP contribution is -2.03. The summed E-state index contributed by atoms with van der Waals surface area (Å²) in [4.78, 5) is -0.0680. The van der Waals surface area contributed by atoms with Gasteiger partial charge in [0.25, 0.3) is 9.05 Å².